The first-order chi connectivity index (χ1) is 13.2. The standard InChI is InChI=1S/C18H27FN4O4S/c1-3-7-20-18(25)14(2)21-17(24)13-22-8-10-23(11-9-22)28(26,27)16-6-4-5-15(19)12-16/h4-6,12,14H,3,7-11,13H2,1-2H3,(H,20,25)(H,21,24)/t14-/m1/s1. The summed E-state index contributed by atoms with van der Waals surface area (Å²) in [6.45, 7) is 5.36. The molecule has 0 unspecified atom stereocenters. The molecule has 1 aliphatic heterocycles. The van der Waals surface area contributed by atoms with E-state index in [-0.39, 0.29) is 36.3 Å². The molecule has 0 radical (unpaired) electrons. The summed E-state index contributed by atoms with van der Waals surface area (Å²) >= 11 is 0. The molecule has 0 saturated carbocycles. The highest BCUT2D eigenvalue weighted by Gasteiger charge is 2.29. The molecule has 1 aliphatic rings. The molecular formula is C18H27FN4O4S. The maximum Gasteiger partial charge on any atom is 0.243 e. The average molecular weight is 415 g/mol. The van der Waals surface area contributed by atoms with E-state index in [9.17, 15) is 22.4 Å². The van der Waals surface area contributed by atoms with Gasteiger partial charge in [0.05, 0.1) is 11.4 Å². The van der Waals surface area contributed by atoms with Gasteiger partial charge in [-0.05, 0) is 31.5 Å². The van der Waals surface area contributed by atoms with Crippen molar-refractivity contribution < 1.29 is 22.4 Å². The molecule has 10 heteroatoms. The minimum Gasteiger partial charge on any atom is -0.354 e. The third-order valence-electron chi connectivity index (χ3n) is 4.45. The third kappa shape index (κ3) is 5.98. The van der Waals surface area contributed by atoms with Gasteiger partial charge in [-0.1, -0.05) is 13.0 Å². The van der Waals surface area contributed by atoms with Crippen molar-refractivity contribution in [2.75, 3.05) is 39.3 Å². The summed E-state index contributed by atoms with van der Waals surface area (Å²) in [6, 6.07) is 4.29. The number of halogens is 1. The molecule has 1 saturated heterocycles. The van der Waals surface area contributed by atoms with Crippen LogP contribution in [0.1, 0.15) is 20.3 Å². The summed E-state index contributed by atoms with van der Waals surface area (Å²) in [7, 11) is -3.76. The van der Waals surface area contributed by atoms with Gasteiger partial charge in [-0.2, -0.15) is 4.31 Å². The number of carbonyl (C=O) groups is 2. The summed E-state index contributed by atoms with van der Waals surface area (Å²) < 4.78 is 39.8. The van der Waals surface area contributed by atoms with Crippen molar-refractivity contribution in [3.63, 3.8) is 0 Å². The van der Waals surface area contributed by atoms with Gasteiger partial charge in [-0.15, -0.1) is 0 Å². The number of sulfonamides is 1. The van der Waals surface area contributed by atoms with Gasteiger partial charge in [0, 0.05) is 32.7 Å². The Balaban J connectivity index is 1.83. The second-order valence-electron chi connectivity index (χ2n) is 6.72. The summed E-state index contributed by atoms with van der Waals surface area (Å²) in [5, 5.41) is 5.36. The van der Waals surface area contributed by atoms with Crippen LogP contribution in [0.5, 0.6) is 0 Å². The Labute approximate surface area is 165 Å². The van der Waals surface area contributed by atoms with Gasteiger partial charge in [0.1, 0.15) is 11.9 Å². The van der Waals surface area contributed by atoms with E-state index in [1.165, 1.54) is 22.5 Å². The minimum absolute atomic E-state index is 0.0781. The maximum absolute atomic E-state index is 13.3. The molecule has 2 N–H and O–H groups in total. The SMILES string of the molecule is CCCNC(=O)[C@@H](C)NC(=O)CN1CCN(S(=O)(=O)c2cccc(F)c2)CC1. The zero-order valence-corrected chi connectivity index (χ0v) is 17.0. The number of hydrogen-bond donors (Lipinski definition) is 2. The van der Waals surface area contributed by atoms with Crippen molar-refractivity contribution >= 4 is 21.8 Å². The van der Waals surface area contributed by atoms with E-state index in [4.69, 9.17) is 0 Å². The molecule has 156 valence electrons. The Hall–Kier alpha value is -2.04. The lowest BCUT2D eigenvalue weighted by Gasteiger charge is -2.33. The molecule has 1 atom stereocenters. The van der Waals surface area contributed by atoms with Crippen LogP contribution in [-0.2, 0) is 19.6 Å². The van der Waals surface area contributed by atoms with Crippen LogP contribution in [0.2, 0.25) is 0 Å². The van der Waals surface area contributed by atoms with Crippen molar-refractivity contribution in [3.05, 3.63) is 30.1 Å². The summed E-state index contributed by atoms with van der Waals surface area (Å²) in [5.41, 5.74) is 0. The van der Waals surface area contributed by atoms with Crippen LogP contribution < -0.4 is 10.6 Å². The molecule has 1 heterocycles. The number of hydrogen-bond acceptors (Lipinski definition) is 5. The van der Waals surface area contributed by atoms with Crippen molar-refractivity contribution in [2.24, 2.45) is 0 Å². The first-order valence-corrected chi connectivity index (χ1v) is 10.7. The first-order valence-electron chi connectivity index (χ1n) is 9.29. The quantitative estimate of drug-likeness (QED) is 0.632. The first kappa shape index (κ1) is 22.3. The van der Waals surface area contributed by atoms with Crippen LogP contribution in [0.3, 0.4) is 0 Å². The zero-order chi connectivity index (χ0) is 20.7. The number of rotatable bonds is 8. The predicted octanol–water partition coefficient (Wildman–Crippen LogP) is 0.163. The van der Waals surface area contributed by atoms with Crippen LogP contribution in [0, 0.1) is 5.82 Å². The molecule has 1 aromatic carbocycles. The van der Waals surface area contributed by atoms with Crippen molar-refractivity contribution in [3.8, 4) is 0 Å². The van der Waals surface area contributed by atoms with Gasteiger partial charge in [-0.25, -0.2) is 12.8 Å². The highest BCUT2D eigenvalue weighted by Crippen LogP contribution is 2.18. The summed E-state index contributed by atoms with van der Waals surface area (Å²) in [6.07, 6.45) is 0.815. The van der Waals surface area contributed by atoms with Gasteiger partial charge in [-0.3, -0.25) is 14.5 Å². The van der Waals surface area contributed by atoms with E-state index in [2.05, 4.69) is 10.6 Å². The lowest BCUT2D eigenvalue weighted by atomic mass is 10.3. The molecule has 0 aromatic heterocycles. The molecule has 0 aliphatic carbocycles. The van der Waals surface area contributed by atoms with Gasteiger partial charge in [0.2, 0.25) is 21.8 Å². The highest BCUT2D eigenvalue weighted by molar-refractivity contribution is 7.89. The average Bonchev–Trinajstić information content (AvgIpc) is 2.66. The lowest BCUT2D eigenvalue weighted by Crippen LogP contribution is -2.53. The fourth-order valence-electron chi connectivity index (χ4n) is 2.86. The van der Waals surface area contributed by atoms with E-state index < -0.39 is 21.9 Å². The van der Waals surface area contributed by atoms with E-state index in [0.29, 0.717) is 19.6 Å². The molecule has 2 rings (SSSR count). The van der Waals surface area contributed by atoms with Gasteiger partial charge >= 0.3 is 0 Å². The molecular weight excluding hydrogens is 387 g/mol. The lowest BCUT2D eigenvalue weighted by molar-refractivity contribution is -0.129. The molecule has 2 amide bonds. The second-order valence-corrected chi connectivity index (χ2v) is 8.66. The molecule has 0 bridgehead atoms. The van der Waals surface area contributed by atoms with Gasteiger partial charge < -0.3 is 10.6 Å². The van der Waals surface area contributed by atoms with Gasteiger partial charge in [0.15, 0.2) is 0 Å². The zero-order valence-electron chi connectivity index (χ0n) is 16.2. The molecule has 1 aromatic rings. The largest absolute Gasteiger partial charge is 0.354 e. The molecule has 1 fully saturated rings. The second kappa shape index (κ2) is 9.94. The van der Waals surface area contributed by atoms with Gasteiger partial charge in [0.25, 0.3) is 0 Å². The third-order valence-corrected chi connectivity index (χ3v) is 6.35. The van der Waals surface area contributed by atoms with E-state index in [0.717, 1.165) is 12.5 Å². The van der Waals surface area contributed by atoms with Crippen LogP contribution >= 0.6 is 0 Å². The predicted molar refractivity (Wildman–Crippen MR) is 103 cm³/mol. The van der Waals surface area contributed by atoms with E-state index in [1.807, 2.05) is 11.8 Å². The number of benzene rings is 1. The Kier molecular flexibility index (Phi) is 7.90. The number of amides is 2. The number of nitrogens with zero attached hydrogens (tertiary/aromatic N) is 2. The monoisotopic (exact) mass is 414 g/mol. The van der Waals surface area contributed by atoms with Crippen LogP contribution in [-0.4, -0.2) is 74.7 Å². The minimum atomic E-state index is -3.76. The fourth-order valence-corrected chi connectivity index (χ4v) is 4.32. The molecule has 0 spiro atoms. The maximum atomic E-state index is 13.3. The number of carbonyl (C=O) groups excluding carboxylic acids is 2. The van der Waals surface area contributed by atoms with Crippen molar-refractivity contribution in [1.29, 1.82) is 0 Å². The summed E-state index contributed by atoms with van der Waals surface area (Å²) in [5.74, 6) is -1.13. The van der Waals surface area contributed by atoms with Crippen LogP contribution in [0.15, 0.2) is 29.2 Å². The smallest absolute Gasteiger partial charge is 0.243 e. The topological polar surface area (TPSA) is 98.8 Å². The van der Waals surface area contributed by atoms with E-state index >= 15 is 0 Å². The van der Waals surface area contributed by atoms with Crippen LogP contribution in [0.4, 0.5) is 4.39 Å². The Morgan fingerprint density at radius 1 is 1.21 bits per heavy atom. The Morgan fingerprint density at radius 3 is 2.50 bits per heavy atom. The summed E-state index contributed by atoms with van der Waals surface area (Å²) in [4.78, 5) is 25.7. The van der Waals surface area contributed by atoms with Crippen molar-refractivity contribution in [1.82, 2.24) is 19.8 Å². The number of piperazine rings is 1. The Morgan fingerprint density at radius 2 is 1.89 bits per heavy atom. The molecule has 8 nitrogen and oxygen atoms in total. The fraction of sp³-hybridized carbons (Fsp3) is 0.556. The Bertz CT molecular complexity index is 795. The molecule has 28 heavy (non-hydrogen) atoms. The van der Waals surface area contributed by atoms with Crippen LogP contribution in [0.25, 0.3) is 0 Å². The highest BCUT2D eigenvalue weighted by atomic mass is 32.2. The van der Waals surface area contributed by atoms with E-state index in [1.54, 1.807) is 6.92 Å². The van der Waals surface area contributed by atoms with Crippen molar-refractivity contribution in [2.45, 2.75) is 31.2 Å². The normalized spacial score (nSPS) is 17.1. The number of nitrogens with one attached hydrogen (secondary N) is 2.